The van der Waals surface area contributed by atoms with E-state index in [0.717, 1.165) is 16.3 Å². The Balaban J connectivity index is 2.03. The molecular weight excluding hydrogens is 326 g/mol. The second-order valence-electron chi connectivity index (χ2n) is 7.53. The molecular formula is C22H25NO3. The molecule has 0 amide bonds. The van der Waals surface area contributed by atoms with Crippen molar-refractivity contribution in [2.45, 2.75) is 40.0 Å². The fourth-order valence-corrected chi connectivity index (χ4v) is 3.55. The molecule has 0 bridgehead atoms. The third-order valence-corrected chi connectivity index (χ3v) is 4.68. The van der Waals surface area contributed by atoms with Crippen LogP contribution in [0.25, 0.3) is 10.8 Å². The first-order valence-electron chi connectivity index (χ1n) is 9.02. The molecule has 0 unspecified atom stereocenters. The molecule has 0 saturated heterocycles. The van der Waals surface area contributed by atoms with Crippen LogP contribution in [0.3, 0.4) is 0 Å². The molecule has 4 nitrogen and oxygen atoms in total. The minimum absolute atomic E-state index is 0.0718. The van der Waals surface area contributed by atoms with Crippen LogP contribution in [0.15, 0.2) is 59.0 Å². The lowest BCUT2D eigenvalue weighted by molar-refractivity contribution is -0.118. The highest BCUT2D eigenvalue weighted by molar-refractivity contribution is 6.24. The summed E-state index contributed by atoms with van der Waals surface area (Å²) in [4.78, 5) is 18.0. The number of hydrogen-bond acceptors (Lipinski definition) is 4. The maximum Gasteiger partial charge on any atom is 0.168 e. The van der Waals surface area contributed by atoms with E-state index in [9.17, 15) is 9.90 Å². The number of carbonyl (C=O) groups excluding carboxylic acids is 1. The van der Waals surface area contributed by atoms with Gasteiger partial charge in [-0.15, -0.1) is 0 Å². The first kappa shape index (κ1) is 18.2. The number of benzene rings is 2. The van der Waals surface area contributed by atoms with Crippen molar-refractivity contribution in [3.63, 3.8) is 0 Å². The zero-order valence-corrected chi connectivity index (χ0v) is 15.6. The van der Waals surface area contributed by atoms with Crippen LogP contribution in [0.1, 0.15) is 39.2 Å². The Morgan fingerprint density at radius 1 is 1.15 bits per heavy atom. The van der Waals surface area contributed by atoms with Crippen LogP contribution in [-0.2, 0) is 16.1 Å². The molecule has 4 heteroatoms. The predicted octanol–water partition coefficient (Wildman–Crippen LogP) is 4.98. The molecule has 0 heterocycles. The van der Waals surface area contributed by atoms with E-state index in [4.69, 9.17) is 4.84 Å². The van der Waals surface area contributed by atoms with Crippen LogP contribution in [0.2, 0.25) is 0 Å². The number of Topliss-reactive ketones (excluding diaryl/α,β-unsaturated/α-hetero) is 1. The molecule has 26 heavy (non-hydrogen) atoms. The fourth-order valence-electron chi connectivity index (χ4n) is 3.55. The maximum atomic E-state index is 12.7. The molecule has 2 aromatic rings. The van der Waals surface area contributed by atoms with Gasteiger partial charge in [0, 0.05) is 19.3 Å². The van der Waals surface area contributed by atoms with E-state index in [1.54, 1.807) is 0 Å². The summed E-state index contributed by atoms with van der Waals surface area (Å²) in [6.45, 7) is 6.23. The highest BCUT2D eigenvalue weighted by atomic mass is 16.6. The maximum absolute atomic E-state index is 12.7. The van der Waals surface area contributed by atoms with Gasteiger partial charge in [0.2, 0.25) is 0 Å². The number of rotatable bonds is 5. The van der Waals surface area contributed by atoms with E-state index in [1.165, 1.54) is 0 Å². The lowest BCUT2D eigenvalue weighted by Crippen LogP contribution is -2.30. The van der Waals surface area contributed by atoms with Crippen LogP contribution < -0.4 is 0 Å². The van der Waals surface area contributed by atoms with Gasteiger partial charge in [-0.1, -0.05) is 61.5 Å². The van der Waals surface area contributed by atoms with Gasteiger partial charge in [-0.05, 0) is 28.7 Å². The Hall–Kier alpha value is -2.62. The zero-order chi connectivity index (χ0) is 18.7. The normalized spacial score (nSPS) is 17.7. The molecule has 0 saturated carbocycles. The van der Waals surface area contributed by atoms with Crippen LogP contribution >= 0.6 is 0 Å². The third-order valence-electron chi connectivity index (χ3n) is 4.68. The topological polar surface area (TPSA) is 58.9 Å². The number of ketones is 1. The van der Waals surface area contributed by atoms with Crippen molar-refractivity contribution >= 4 is 22.3 Å². The van der Waals surface area contributed by atoms with Gasteiger partial charge in [0.1, 0.15) is 12.4 Å². The van der Waals surface area contributed by atoms with Gasteiger partial charge in [-0.25, -0.2) is 0 Å². The minimum Gasteiger partial charge on any atom is -0.511 e. The summed E-state index contributed by atoms with van der Waals surface area (Å²) in [7, 11) is 0. The lowest BCUT2D eigenvalue weighted by Gasteiger charge is -2.29. The Bertz CT molecular complexity index is 888. The summed E-state index contributed by atoms with van der Waals surface area (Å²) in [5, 5.41) is 17.0. The summed E-state index contributed by atoms with van der Waals surface area (Å²) in [5.41, 5.74) is 1.65. The van der Waals surface area contributed by atoms with E-state index in [1.807, 2.05) is 45.0 Å². The molecule has 0 atom stereocenters. The molecule has 0 spiro atoms. The Morgan fingerprint density at radius 2 is 1.88 bits per heavy atom. The highest BCUT2D eigenvalue weighted by Crippen LogP contribution is 2.36. The van der Waals surface area contributed by atoms with Gasteiger partial charge in [0.25, 0.3) is 0 Å². The van der Waals surface area contributed by atoms with Crippen molar-refractivity contribution < 1.29 is 14.7 Å². The first-order chi connectivity index (χ1) is 12.4. The van der Waals surface area contributed by atoms with Crippen molar-refractivity contribution in [3.05, 3.63) is 59.4 Å². The highest BCUT2D eigenvalue weighted by Gasteiger charge is 2.35. The van der Waals surface area contributed by atoms with Gasteiger partial charge in [-0.2, -0.15) is 0 Å². The number of aliphatic hydroxyl groups is 1. The van der Waals surface area contributed by atoms with E-state index >= 15 is 0 Å². The minimum atomic E-state index is -0.235. The quantitative estimate of drug-likeness (QED) is 0.611. The largest absolute Gasteiger partial charge is 0.511 e. The van der Waals surface area contributed by atoms with Crippen molar-refractivity contribution in [2.24, 2.45) is 10.6 Å². The summed E-state index contributed by atoms with van der Waals surface area (Å²) in [6.07, 6.45) is 1.30. The number of nitrogens with zero attached hydrogens (tertiary/aromatic N) is 1. The smallest absolute Gasteiger partial charge is 0.168 e. The molecule has 1 aliphatic carbocycles. The number of hydrogen-bond donors (Lipinski definition) is 1. The van der Waals surface area contributed by atoms with Gasteiger partial charge < -0.3 is 9.94 Å². The molecule has 136 valence electrons. The molecule has 0 aliphatic heterocycles. The second-order valence-corrected chi connectivity index (χ2v) is 7.53. The Morgan fingerprint density at radius 3 is 2.62 bits per heavy atom. The molecule has 1 N–H and O–H groups in total. The number of allylic oxidation sites excluding steroid dienone is 2. The summed E-state index contributed by atoms with van der Waals surface area (Å²) >= 11 is 0. The van der Waals surface area contributed by atoms with E-state index in [0.29, 0.717) is 37.2 Å². The molecule has 1 aliphatic rings. The van der Waals surface area contributed by atoms with Crippen LogP contribution in [0, 0.1) is 5.41 Å². The number of oxime groups is 1. The number of carbonyl (C=O) groups is 1. The average molecular weight is 351 g/mol. The third kappa shape index (κ3) is 3.79. The number of fused-ring (bicyclic) bond motifs is 1. The number of aliphatic hydroxyl groups excluding tert-OH is 1. The van der Waals surface area contributed by atoms with Gasteiger partial charge in [-0.3, -0.25) is 4.79 Å². The van der Waals surface area contributed by atoms with Crippen LogP contribution in [0.4, 0.5) is 0 Å². The standard InChI is InChI=1S/C22H25NO3/c1-4-26-23-18(21-19(24)13-22(2,3)14-20(21)25)12-16-10-7-9-15-8-5-6-11-17(15)16/h5-11,24H,4,12-14H2,1-3H3/b23-18-. The zero-order valence-electron chi connectivity index (χ0n) is 15.6. The SMILES string of the molecule is CCO/N=C(/Cc1cccc2ccccc12)C1=C(O)CC(C)(C)CC1=O. The van der Waals surface area contributed by atoms with E-state index in [2.05, 4.69) is 23.4 Å². The van der Waals surface area contributed by atoms with E-state index < -0.39 is 0 Å². The van der Waals surface area contributed by atoms with Crippen molar-refractivity contribution in [1.29, 1.82) is 0 Å². The van der Waals surface area contributed by atoms with Crippen molar-refractivity contribution in [2.75, 3.05) is 6.61 Å². The lowest BCUT2D eigenvalue weighted by atomic mass is 9.75. The Labute approximate surface area is 154 Å². The second kappa shape index (κ2) is 7.32. The molecule has 2 aromatic carbocycles. The van der Waals surface area contributed by atoms with E-state index in [-0.39, 0.29) is 17.0 Å². The molecule has 0 fully saturated rings. The monoisotopic (exact) mass is 351 g/mol. The van der Waals surface area contributed by atoms with Crippen LogP contribution in [0.5, 0.6) is 0 Å². The molecule has 3 rings (SSSR count). The molecule has 0 radical (unpaired) electrons. The summed E-state index contributed by atoms with van der Waals surface area (Å²) < 4.78 is 0. The van der Waals surface area contributed by atoms with Gasteiger partial charge in [0.15, 0.2) is 5.78 Å². The van der Waals surface area contributed by atoms with Gasteiger partial charge in [0.05, 0.1) is 11.3 Å². The van der Waals surface area contributed by atoms with Crippen LogP contribution in [-0.4, -0.2) is 23.2 Å². The first-order valence-corrected chi connectivity index (χ1v) is 9.02. The summed E-state index contributed by atoms with van der Waals surface area (Å²) in [6, 6.07) is 14.2. The summed E-state index contributed by atoms with van der Waals surface area (Å²) in [5.74, 6) is 0.0439. The predicted molar refractivity (Wildman–Crippen MR) is 104 cm³/mol. The van der Waals surface area contributed by atoms with Crippen molar-refractivity contribution in [3.8, 4) is 0 Å². The average Bonchev–Trinajstić information content (AvgIpc) is 2.58. The Kier molecular flexibility index (Phi) is 5.12. The van der Waals surface area contributed by atoms with Crippen molar-refractivity contribution in [1.82, 2.24) is 0 Å². The van der Waals surface area contributed by atoms with Gasteiger partial charge >= 0.3 is 0 Å². The molecule has 0 aromatic heterocycles. The fraction of sp³-hybridized carbons (Fsp3) is 0.364.